The molecule has 2 atom stereocenters. The van der Waals surface area contributed by atoms with Gasteiger partial charge in [-0.05, 0) is 37.0 Å². The van der Waals surface area contributed by atoms with Crippen molar-refractivity contribution < 1.29 is 9.47 Å². The molecule has 22 heavy (non-hydrogen) atoms. The van der Waals surface area contributed by atoms with Crippen LogP contribution >= 0.6 is 12.4 Å². The first-order valence-electron chi connectivity index (χ1n) is 7.95. The fourth-order valence-electron chi connectivity index (χ4n) is 2.92. The largest absolute Gasteiger partial charge is 0.494 e. The molecule has 0 bridgehead atoms. The lowest BCUT2D eigenvalue weighted by Gasteiger charge is -2.38. The minimum atomic E-state index is 0. The fourth-order valence-corrected chi connectivity index (χ4v) is 2.92. The molecule has 1 saturated heterocycles. The van der Waals surface area contributed by atoms with Gasteiger partial charge in [0.25, 0.3) is 0 Å². The SMILES string of the molecule is CCCOc1cccc(CN2CCC(OC)CC2CN)c1.Cl. The first-order chi connectivity index (χ1) is 10.3. The maximum absolute atomic E-state index is 5.94. The molecule has 1 aromatic rings. The predicted octanol–water partition coefficient (Wildman–Crippen LogP) is 2.84. The van der Waals surface area contributed by atoms with Crippen LogP contribution in [0.15, 0.2) is 24.3 Å². The summed E-state index contributed by atoms with van der Waals surface area (Å²) in [4.78, 5) is 2.47. The van der Waals surface area contributed by atoms with Crippen molar-refractivity contribution in [3.63, 3.8) is 0 Å². The van der Waals surface area contributed by atoms with Gasteiger partial charge in [0, 0.05) is 32.8 Å². The quantitative estimate of drug-likeness (QED) is 0.836. The number of ether oxygens (including phenoxy) is 2. The first-order valence-corrected chi connectivity index (χ1v) is 7.95. The van der Waals surface area contributed by atoms with Gasteiger partial charge in [-0.2, -0.15) is 0 Å². The van der Waals surface area contributed by atoms with E-state index in [4.69, 9.17) is 15.2 Å². The fraction of sp³-hybridized carbons (Fsp3) is 0.647. The zero-order valence-corrected chi connectivity index (χ0v) is 14.5. The number of methoxy groups -OCH3 is 1. The monoisotopic (exact) mass is 328 g/mol. The van der Waals surface area contributed by atoms with E-state index in [1.165, 1.54) is 5.56 Å². The second kappa shape index (κ2) is 10.1. The van der Waals surface area contributed by atoms with Crippen LogP contribution in [0.2, 0.25) is 0 Å². The van der Waals surface area contributed by atoms with Crippen molar-refractivity contribution in [3.8, 4) is 5.75 Å². The number of hydrogen-bond donors (Lipinski definition) is 1. The average molecular weight is 329 g/mol. The molecule has 1 heterocycles. The molecule has 2 N–H and O–H groups in total. The maximum atomic E-state index is 5.94. The summed E-state index contributed by atoms with van der Waals surface area (Å²) in [5, 5.41) is 0. The Morgan fingerprint density at radius 1 is 1.36 bits per heavy atom. The molecule has 1 aromatic carbocycles. The van der Waals surface area contributed by atoms with Gasteiger partial charge in [-0.1, -0.05) is 19.1 Å². The van der Waals surface area contributed by atoms with Gasteiger partial charge in [0.2, 0.25) is 0 Å². The number of rotatable bonds is 7. The molecule has 126 valence electrons. The van der Waals surface area contributed by atoms with Gasteiger partial charge in [-0.25, -0.2) is 0 Å². The van der Waals surface area contributed by atoms with Crippen molar-refractivity contribution in [3.05, 3.63) is 29.8 Å². The molecule has 1 aliphatic rings. The molecule has 0 radical (unpaired) electrons. The Bertz CT molecular complexity index is 431. The summed E-state index contributed by atoms with van der Waals surface area (Å²) in [6, 6.07) is 8.81. The standard InChI is InChI=1S/C17H28N2O2.ClH/c1-3-9-21-17-6-4-5-14(10-17)13-19-8-7-16(20-2)11-15(19)12-18;/h4-6,10,15-16H,3,7-9,11-13,18H2,1-2H3;1H. The number of benzene rings is 1. The second-order valence-electron chi connectivity index (χ2n) is 5.74. The lowest BCUT2D eigenvalue weighted by molar-refractivity contribution is 0.0102. The van der Waals surface area contributed by atoms with E-state index in [0.717, 1.165) is 44.7 Å². The summed E-state index contributed by atoms with van der Waals surface area (Å²) >= 11 is 0. The van der Waals surface area contributed by atoms with Gasteiger partial charge in [0.15, 0.2) is 0 Å². The minimum absolute atomic E-state index is 0. The summed E-state index contributed by atoms with van der Waals surface area (Å²) < 4.78 is 11.2. The van der Waals surface area contributed by atoms with E-state index in [1.54, 1.807) is 7.11 Å². The van der Waals surface area contributed by atoms with Gasteiger partial charge in [-0.3, -0.25) is 4.90 Å². The van der Waals surface area contributed by atoms with Crippen LogP contribution in [0.25, 0.3) is 0 Å². The van der Waals surface area contributed by atoms with Crippen LogP contribution < -0.4 is 10.5 Å². The van der Waals surface area contributed by atoms with Gasteiger partial charge < -0.3 is 15.2 Å². The molecule has 2 unspecified atom stereocenters. The number of halogens is 1. The van der Waals surface area contributed by atoms with Crippen LogP contribution in [0, 0.1) is 0 Å². The molecule has 5 heteroatoms. The van der Waals surface area contributed by atoms with E-state index in [9.17, 15) is 0 Å². The molecular weight excluding hydrogens is 300 g/mol. The van der Waals surface area contributed by atoms with Crippen molar-refractivity contribution >= 4 is 12.4 Å². The Morgan fingerprint density at radius 3 is 2.86 bits per heavy atom. The van der Waals surface area contributed by atoms with E-state index in [2.05, 4.69) is 30.0 Å². The van der Waals surface area contributed by atoms with Gasteiger partial charge >= 0.3 is 0 Å². The van der Waals surface area contributed by atoms with Crippen LogP contribution in [0.1, 0.15) is 31.7 Å². The Hall–Kier alpha value is -0.810. The highest BCUT2D eigenvalue weighted by Gasteiger charge is 2.27. The minimum Gasteiger partial charge on any atom is -0.494 e. The summed E-state index contributed by atoms with van der Waals surface area (Å²) in [6.45, 7) is 5.55. The number of nitrogens with zero attached hydrogens (tertiary/aromatic N) is 1. The van der Waals surface area contributed by atoms with Gasteiger partial charge in [0.1, 0.15) is 5.75 Å². The molecule has 0 spiro atoms. The van der Waals surface area contributed by atoms with Crippen molar-refractivity contribution in [2.24, 2.45) is 5.73 Å². The average Bonchev–Trinajstić information content (AvgIpc) is 2.53. The Kier molecular flexibility index (Phi) is 8.79. The Balaban J connectivity index is 0.00000242. The summed E-state index contributed by atoms with van der Waals surface area (Å²) in [5.74, 6) is 0.963. The molecule has 2 rings (SSSR count). The maximum Gasteiger partial charge on any atom is 0.119 e. The highest BCUT2D eigenvalue weighted by atomic mass is 35.5. The lowest BCUT2D eigenvalue weighted by atomic mass is 9.98. The van der Waals surface area contributed by atoms with E-state index in [1.807, 2.05) is 6.07 Å². The van der Waals surface area contributed by atoms with E-state index >= 15 is 0 Å². The number of nitrogens with two attached hydrogens (primary N) is 1. The molecule has 0 aromatic heterocycles. The van der Waals surface area contributed by atoms with Crippen LogP contribution in [0.5, 0.6) is 5.75 Å². The molecule has 1 fully saturated rings. The number of hydrogen-bond acceptors (Lipinski definition) is 4. The highest BCUT2D eigenvalue weighted by Crippen LogP contribution is 2.22. The van der Waals surface area contributed by atoms with E-state index in [-0.39, 0.29) is 12.4 Å². The number of piperidine rings is 1. The van der Waals surface area contributed by atoms with Crippen LogP contribution in [-0.2, 0) is 11.3 Å². The molecular formula is C17H29ClN2O2. The Morgan fingerprint density at radius 2 is 2.18 bits per heavy atom. The normalized spacial score (nSPS) is 22.1. The topological polar surface area (TPSA) is 47.7 Å². The van der Waals surface area contributed by atoms with E-state index in [0.29, 0.717) is 18.7 Å². The first kappa shape index (κ1) is 19.2. The summed E-state index contributed by atoms with van der Waals surface area (Å²) in [5.41, 5.74) is 7.23. The highest BCUT2D eigenvalue weighted by molar-refractivity contribution is 5.85. The van der Waals surface area contributed by atoms with Crippen LogP contribution in [0.4, 0.5) is 0 Å². The van der Waals surface area contributed by atoms with Crippen LogP contribution in [-0.4, -0.2) is 43.9 Å². The third kappa shape index (κ3) is 5.43. The van der Waals surface area contributed by atoms with Crippen molar-refractivity contribution in [2.45, 2.75) is 44.9 Å². The molecule has 0 saturated carbocycles. The number of likely N-dealkylation sites (tertiary alicyclic amines) is 1. The zero-order chi connectivity index (χ0) is 15.1. The van der Waals surface area contributed by atoms with Crippen molar-refractivity contribution in [1.82, 2.24) is 4.90 Å². The smallest absolute Gasteiger partial charge is 0.119 e. The summed E-state index contributed by atoms with van der Waals surface area (Å²) in [6.07, 6.45) is 3.50. The third-order valence-corrected chi connectivity index (χ3v) is 4.15. The summed E-state index contributed by atoms with van der Waals surface area (Å²) in [7, 11) is 1.79. The van der Waals surface area contributed by atoms with Crippen LogP contribution in [0.3, 0.4) is 0 Å². The molecule has 0 aliphatic carbocycles. The van der Waals surface area contributed by atoms with Gasteiger partial charge in [-0.15, -0.1) is 12.4 Å². The third-order valence-electron chi connectivity index (χ3n) is 4.15. The van der Waals surface area contributed by atoms with Crippen molar-refractivity contribution in [1.29, 1.82) is 0 Å². The predicted molar refractivity (Wildman–Crippen MR) is 92.8 cm³/mol. The van der Waals surface area contributed by atoms with Crippen molar-refractivity contribution in [2.75, 3.05) is 26.8 Å². The molecule has 4 nitrogen and oxygen atoms in total. The van der Waals surface area contributed by atoms with Gasteiger partial charge in [0.05, 0.1) is 12.7 Å². The Labute approximate surface area is 140 Å². The molecule has 1 aliphatic heterocycles. The lowest BCUT2D eigenvalue weighted by Crippen LogP contribution is -2.47. The zero-order valence-electron chi connectivity index (χ0n) is 13.7. The second-order valence-corrected chi connectivity index (χ2v) is 5.74. The molecule has 0 amide bonds. The van der Waals surface area contributed by atoms with E-state index < -0.39 is 0 Å².